The minimum Gasteiger partial charge on any atom is -0.388 e. The molecule has 1 aromatic heterocycles. The van der Waals surface area contributed by atoms with Gasteiger partial charge in [0.15, 0.2) is 0 Å². The minimum absolute atomic E-state index is 0.191. The van der Waals surface area contributed by atoms with E-state index in [9.17, 15) is 9.90 Å². The molecule has 0 aliphatic carbocycles. The van der Waals surface area contributed by atoms with Crippen molar-refractivity contribution in [3.05, 3.63) is 21.0 Å². The van der Waals surface area contributed by atoms with Crippen molar-refractivity contribution in [3.8, 4) is 0 Å². The van der Waals surface area contributed by atoms with E-state index in [0.29, 0.717) is 36.3 Å². The van der Waals surface area contributed by atoms with Gasteiger partial charge in [-0.25, -0.2) is 4.68 Å². The van der Waals surface area contributed by atoms with E-state index in [2.05, 4.69) is 26.3 Å². The van der Waals surface area contributed by atoms with E-state index in [1.54, 1.807) is 20.2 Å². The third-order valence-corrected chi connectivity index (χ3v) is 3.56. The van der Waals surface area contributed by atoms with Crippen molar-refractivity contribution in [1.29, 1.82) is 0 Å². The lowest BCUT2D eigenvalue weighted by Gasteiger charge is -2.24. The summed E-state index contributed by atoms with van der Waals surface area (Å²) in [7, 11) is 1.59. The van der Waals surface area contributed by atoms with Gasteiger partial charge in [0.05, 0.1) is 17.5 Å². The molecule has 1 rings (SSSR count). The number of methoxy groups -OCH3 is 1. The first-order valence-electron chi connectivity index (χ1n) is 6.12. The van der Waals surface area contributed by atoms with E-state index in [4.69, 9.17) is 4.74 Å². The van der Waals surface area contributed by atoms with Crippen LogP contribution in [0.1, 0.15) is 20.3 Å². The second-order valence-corrected chi connectivity index (χ2v) is 5.38. The molecular formula is C12H20BrN3O3. The summed E-state index contributed by atoms with van der Waals surface area (Å²) in [6.45, 7) is 4.87. The third kappa shape index (κ3) is 4.59. The van der Waals surface area contributed by atoms with Crippen LogP contribution in [0.5, 0.6) is 0 Å². The van der Waals surface area contributed by atoms with Crippen molar-refractivity contribution in [2.75, 3.05) is 25.6 Å². The molecule has 0 bridgehead atoms. The zero-order valence-electron chi connectivity index (χ0n) is 11.4. The third-order valence-electron chi connectivity index (χ3n) is 2.79. The van der Waals surface area contributed by atoms with Crippen molar-refractivity contribution in [2.24, 2.45) is 0 Å². The Bertz CT molecular complexity index is 474. The number of rotatable bonds is 7. The van der Waals surface area contributed by atoms with Gasteiger partial charge in [-0.05, 0) is 29.8 Å². The Morgan fingerprint density at radius 3 is 2.89 bits per heavy atom. The van der Waals surface area contributed by atoms with E-state index < -0.39 is 5.60 Å². The first kappa shape index (κ1) is 16.1. The van der Waals surface area contributed by atoms with Gasteiger partial charge in [0.1, 0.15) is 4.47 Å². The monoisotopic (exact) mass is 333 g/mol. The highest BCUT2D eigenvalue weighted by molar-refractivity contribution is 9.10. The summed E-state index contributed by atoms with van der Waals surface area (Å²) >= 11 is 3.25. The SMILES string of the molecule is CCn1ncc(NCC(C)(O)CCOC)c(Br)c1=O. The summed E-state index contributed by atoms with van der Waals surface area (Å²) in [5.74, 6) is 0. The normalized spacial score (nSPS) is 14.2. The second kappa shape index (κ2) is 7.02. The van der Waals surface area contributed by atoms with E-state index in [1.807, 2.05) is 6.92 Å². The Hall–Kier alpha value is -0.920. The van der Waals surface area contributed by atoms with Crippen molar-refractivity contribution in [3.63, 3.8) is 0 Å². The van der Waals surface area contributed by atoms with Crippen LogP contribution in [0.4, 0.5) is 5.69 Å². The Morgan fingerprint density at radius 1 is 1.63 bits per heavy atom. The summed E-state index contributed by atoms with van der Waals surface area (Å²) in [5.41, 5.74) is -0.522. The lowest BCUT2D eigenvalue weighted by atomic mass is 10.0. The Balaban J connectivity index is 2.73. The van der Waals surface area contributed by atoms with Gasteiger partial charge in [0, 0.05) is 33.2 Å². The van der Waals surface area contributed by atoms with Gasteiger partial charge in [-0.1, -0.05) is 0 Å². The summed E-state index contributed by atoms with van der Waals surface area (Å²) in [4.78, 5) is 11.8. The number of aromatic nitrogens is 2. The molecule has 0 spiro atoms. The number of anilines is 1. The Morgan fingerprint density at radius 2 is 2.32 bits per heavy atom. The van der Waals surface area contributed by atoms with Crippen LogP contribution in [0.25, 0.3) is 0 Å². The van der Waals surface area contributed by atoms with Crippen LogP contribution >= 0.6 is 15.9 Å². The summed E-state index contributed by atoms with van der Waals surface area (Å²) < 4.78 is 6.72. The molecule has 108 valence electrons. The number of nitrogens with one attached hydrogen (secondary N) is 1. The average Bonchev–Trinajstić information content (AvgIpc) is 2.38. The van der Waals surface area contributed by atoms with Crippen molar-refractivity contribution >= 4 is 21.6 Å². The molecule has 19 heavy (non-hydrogen) atoms. The summed E-state index contributed by atoms with van der Waals surface area (Å²) in [5, 5.41) is 17.2. The highest BCUT2D eigenvalue weighted by atomic mass is 79.9. The summed E-state index contributed by atoms with van der Waals surface area (Å²) in [6.07, 6.45) is 2.08. The predicted octanol–water partition coefficient (Wildman–Crippen LogP) is 1.23. The van der Waals surface area contributed by atoms with Gasteiger partial charge < -0.3 is 15.2 Å². The van der Waals surface area contributed by atoms with Crippen LogP contribution in [0.15, 0.2) is 15.5 Å². The molecule has 0 aliphatic heterocycles. The Labute approximate surface area is 120 Å². The molecule has 1 heterocycles. The molecule has 2 N–H and O–H groups in total. The topological polar surface area (TPSA) is 76.4 Å². The van der Waals surface area contributed by atoms with Gasteiger partial charge in [0.2, 0.25) is 0 Å². The maximum absolute atomic E-state index is 11.8. The number of nitrogens with zero attached hydrogens (tertiary/aromatic N) is 2. The molecule has 6 nitrogen and oxygen atoms in total. The fourth-order valence-electron chi connectivity index (χ4n) is 1.51. The van der Waals surface area contributed by atoms with Crippen LogP contribution in [0.3, 0.4) is 0 Å². The minimum atomic E-state index is -0.908. The van der Waals surface area contributed by atoms with Gasteiger partial charge in [-0.3, -0.25) is 4.79 Å². The molecule has 0 radical (unpaired) electrons. The fourth-order valence-corrected chi connectivity index (χ4v) is 1.96. The standard InChI is InChI=1S/C12H20BrN3O3/c1-4-16-11(17)10(13)9(7-15-16)14-8-12(2,18)5-6-19-3/h7,14,18H,4-6,8H2,1-3H3. The number of ether oxygens (including phenoxy) is 1. The molecule has 1 atom stereocenters. The maximum Gasteiger partial charge on any atom is 0.283 e. The van der Waals surface area contributed by atoms with Gasteiger partial charge in [-0.2, -0.15) is 5.10 Å². The Kier molecular flexibility index (Phi) is 5.96. The van der Waals surface area contributed by atoms with E-state index >= 15 is 0 Å². The average molecular weight is 334 g/mol. The zero-order valence-corrected chi connectivity index (χ0v) is 13.0. The van der Waals surface area contributed by atoms with Crippen LogP contribution < -0.4 is 10.9 Å². The predicted molar refractivity (Wildman–Crippen MR) is 77.5 cm³/mol. The van der Waals surface area contributed by atoms with Crippen molar-refractivity contribution in [1.82, 2.24) is 9.78 Å². The molecule has 0 aromatic carbocycles. The maximum atomic E-state index is 11.8. The fraction of sp³-hybridized carbons (Fsp3) is 0.667. The number of aliphatic hydroxyl groups is 1. The number of hydrogen-bond acceptors (Lipinski definition) is 5. The van der Waals surface area contributed by atoms with E-state index in [0.717, 1.165) is 0 Å². The van der Waals surface area contributed by atoms with Crippen molar-refractivity contribution in [2.45, 2.75) is 32.4 Å². The number of hydrogen-bond donors (Lipinski definition) is 2. The molecular weight excluding hydrogens is 314 g/mol. The summed E-state index contributed by atoms with van der Waals surface area (Å²) in [6, 6.07) is 0. The van der Waals surface area contributed by atoms with Crippen LogP contribution in [-0.2, 0) is 11.3 Å². The lowest BCUT2D eigenvalue weighted by molar-refractivity contribution is 0.0357. The van der Waals surface area contributed by atoms with E-state index in [1.165, 1.54) is 4.68 Å². The lowest BCUT2D eigenvalue weighted by Crippen LogP contribution is -2.35. The second-order valence-electron chi connectivity index (χ2n) is 4.59. The smallest absolute Gasteiger partial charge is 0.283 e. The van der Waals surface area contributed by atoms with Crippen LogP contribution in [0, 0.1) is 0 Å². The highest BCUT2D eigenvalue weighted by Crippen LogP contribution is 2.18. The molecule has 0 aliphatic rings. The van der Waals surface area contributed by atoms with Crippen LogP contribution in [0.2, 0.25) is 0 Å². The van der Waals surface area contributed by atoms with Gasteiger partial charge in [0.25, 0.3) is 5.56 Å². The molecule has 1 unspecified atom stereocenters. The quantitative estimate of drug-likeness (QED) is 0.784. The van der Waals surface area contributed by atoms with E-state index in [-0.39, 0.29) is 5.56 Å². The molecule has 0 amide bonds. The first-order valence-corrected chi connectivity index (χ1v) is 6.91. The number of aryl methyl sites for hydroxylation is 1. The van der Waals surface area contributed by atoms with Crippen molar-refractivity contribution < 1.29 is 9.84 Å². The van der Waals surface area contributed by atoms with Crippen LogP contribution in [-0.4, -0.2) is 40.7 Å². The molecule has 7 heteroatoms. The molecule has 0 saturated heterocycles. The molecule has 0 fully saturated rings. The molecule has 0 saturated carbocycles. The molecule has 1 aromatic rings. The first-order chi connectivity index (χ1) is 8.91. The van der Waals surface area contributed by atoms with Gasteiger partial charge in [-0.15, -0.1) is 0 Å². The zero-order chi connectivity index (χ0) is 14.5. The number of halogens is 1. The van der Waals surface area contributed by atoms with Gasteiger partial charge >= 0.3 is 0 Å². The highest BCUT2D eigenvalue weighted by Gasteiger charge is 2.20. The largest absolute Gasteiger partial charge is 0.388 e.